The van der Waals surface area contributed by atoms with Crippen LogP contribution in [0.3, 0.4) is 0 Å². The number of ether oxygens (including phenoxy) is 2. The average molecular weight is 370 g/mol. The van der Waals surface area contributed by atoms with E-state index in [-0.39, 0.29) is 24.3 Å². The van der Waals surface area contributed by atoms with E-state index in [0.29, 0.717) is 24.3 Å². The summed E-state index contributed by atoms with van der Waals surface area (Å²) in [6.07, 6.45) is 0.878. The summed E-state index contributed by atoms with van der Waals surface area (Å²) in [4.78, 5) is 23.9. The highest BCUT2D eigenvalue weighted by atomic mass is 16.5. The Morgan fingerprint density at radius 2 is 1.74 bits per heavy atom. The molecule has 0 saturated heterocycles. The molecule has 0 aliphatic heterocycles. The van der Waals surface area contributed by atoms with Gasteiger partial charge in [0.1, 0.15) is 11.5 Å². The van der Waals surface area contributed by atoms with Gasteiger partial charge in [-0.3, -0.25) is 20.4 Å². The van der Waals surface area contributed by atoms with E-state index in [2.05, 4.69) is 10.9 Å². The summed E-state index contributed by atoms with van der Waals surface area (Å²) in [5.74, 6) is 0.833. The van der Waals surface area contributed by atoms with E-state index in [0.717, 1.165) is 11.3 Å². The minimum absolute atomic E-state index is 0.0684. The zero-order chi connectivity index (χ0) is 19.6. The van der Waals surface area contributed by atoms with Gasteiger partial charge < -0.3 is 9.47 Å². The molecule has 0 aromatic heterocycles. The van der Waals surface area contributed by atoms with Gasteiger partial charge >= 0.3 is 0 Å². The van der Waals surface area contributed by atoms with Crippen molar-refractivity contribution in [3.63, 3.8) is 0 Å². The summed E-state index contributed by atoms with van der Waals surface area (Å²) >= 11 is 0. The number of hydrogen-bond donors (Lipinski definition) is 2. The van der Waals surface area contributed by atoms with Crippen LogP contribution in [0.25, 0.3) is 0 Å². The van der Waals surface area contributed by atoms with E-state index in [4.69, 9.17) is 9.47 Å². The maximum absolute atomic E-state index is 12.0. The lowest BCUT2D eigenvalue weighted by Gasteiger charge is -2.11. The average Bonchev–Trinajstić information content (AvgIpc) is 2.63. The van der Waals surface area contributed by atoms with Crippen molar-refractivity contribution in [1.29, 1.82) is 0 Å². The molecule has 0 saturated carbocycles. The van der Waals surface area contributed by atoms with Crippen LogP contribution in [0.15, 0.2) is 48.5 Å². The Hall–Kier alpha value is -3.02. The molecular weight excluding hydrogens is 344 g/mol. The number of hydrazine groups is 1. The number of amides is 2. The molecule has 0 fully saturated rings. The lowest BCUT2D eigenvalue weighted by molar-refractivity contribution is -0.122. The van der Waals surface area contributed by atoms with Gasteiger partial charge in [0, 0.05) is 12.0 Å². The molecule has 0 unspecified atom stereocenters. The van der Waals surface area contributed by atoms with E-state index >= 15 is 0 Å². The number of benzene rings is 2. The second-order valence-electron chi connectivity index (χ2n) is 6.46. The number of aryl methyl sites for hydroxylation is 1. The fourth-order valence-corrected chi connectivity index (χ4v) is 2.35. The first kappa shape index (κ1) is 20.3. The summed E-state index contributed by atoms with van der Waals surface area (Å²) < 4.78 is 11.1. The summed E-state index contributed by atoms with van der Waals surface area (Å²) in [6, 6.07) is 14.5. The van der Waals surface area contributed by atoms with Gasteiger partial charge in [-0.2, -0.15) is 0 Å². The monoisotopic (exact) mass is 370 g/mol. The Balaban J connectivity index is 1.66. The SMILES string of the molecule is Cc1cccc(OCCCC(=O)NNC(=O)c2ccc(OC(C)C)cc2)c1. The Bertz CT molecular complexity index is 757. The van der Waals surface area contributed by atoms with Gasteiger partial charge in [0.05, 0.1) is 12.7 Å². The highest BCUT2D eigenvalue weighted by Gasteiger charge is 2.08. The van der Waals surface area contributed by atoms with Gasteiger partial charge in [0.2, 0.25) is 5.91 Å². The second kappa shape index (κ2) is 10.2. The van der Waals surface area contributed by atoms with Crippen molar-refractivity contribution in [1.82, 2.24) is 10.9 Å². The minimum atomic E-state index is -0.379. The largest absolute Gasteiger partial charge is 0.494 e. The molecule has 2 rings (SSSR count). The first-order valence-electron chi connectivity index (χ1n) is 8.99. The molecule has 2 amide bonds. The molecule has 2 N–H and O–H groups in total. The van der Waals surface area contributed by atoms with Crippen molar-refractivity contribution in [2.24, 2.45) is 0 Å². The van der Waals surface area contributed by atoms with Gasteiger partial charge in [-0.15, -0.1) is 0 Å². The third-order valence-corrected chi connectivity index (χ3v) is 3.61. The Kier molecular flexibility index (Phi) is 7.67. The first-order valence-corrected chi connectivity index (χ1v) is 8.99. The van der Waals surface area contributed by atoms with Crippen molar-refractivity contribution in [2.45, 2.75) is 39.7 Å². The van der Waals surface area contributed by atoms with Gasteiger partial charge in [0.15, 0.2) is 0 Å². The quantitative estimate of drug-likeness (QED) is 0.551. The van der Waals surface area contributed by atoms with E-state index in [1.54, 1.807) is 24.3 Å². The number of carbonyl (C=O) groups is 2. The second-order valence-corrected chi connectivity index (χ2v) is 6.46. The molecule has 2 aromatic carbocycles. The Morgan fingerprint density at radius 1 is 1.00 bits per heavy atom. The fourth-order valence-electron chi connectivity index (χ4n) is 2.35. The fraction of sp³-hybridized carbons (Fsp3) is 0.333. The van der Waals surface area contributed by atoms with Crippen LogP contribution in [0.5, 0.6) is 11.5 Å². The zero-order valence-electron chi connectivity index (χ0n) is 16.0. The van der Waals surface area contributed by atoms with Crippen LogP contribution in [0, 0.1) is 6.92 Å². The molecule has 0 bridgehead atoms. The highest BCUT2D eigenvalue weighted by Crippen LogP contribution is 2.14. The molecular formula is C21H26N2O4. The molecule has 0 atom stereocenters. The molecule has 0 spiro atoms. The molecule has 0 aliphatic carbocycles. The lowest BCUT2D eigenvalue weighted by Crippen LogP contribution is -2.41. The number of rotatable bonds is 8. The number of carbonyl (C=O) groups excluding carboxylic acids is 2. The van der Waals surface area contributed by atoms with Crippen LogP contribution in [0.4, 0.5) is 0 Å². The highest BCUT2D eigenvalue weighted by molar-refractivity contribution is 5.95. The number of hydrogen-bond acceptors (Lipinski definition) is 4. The van der Waals surface area contributed by atoms with Crippen molar-refractivity contribution >= 4 is 11.8 Å². The molecule has 144 valence electrons. The maximum Gasteiger partial charge on any atom is 0.269 e. The van der Waals surface area contributed by atoms with Crippen LogP contribution in [-0.2, 0) is 4.79 Å². The van der Waals surface area contributed by atoms with Gasteiger partial charge in [-0.1, -0.05) is 12.1 Å². The minimum Gasteiger partial charge on any atom is -0.494 e. The third kappa shape index (κ3) is 7.40. The van der Waals surface area contributed by atoms with Crippen LogP contribution in [-0.4, -0.2) is 24.5 Å². The predicted octanol–water partition coefficient (Wildman–Crippen LogP) is 3.40. The maximum atomic E-state index is 12.0. The van der Waals surface area contributed by atoms with Crippen molar-refractivity contribution in [3.8, 4) is 11.5 Å². The Labute approximate surface area is 159 Å². The predicted molar refractivity (Wildman–Crippen MR) is 104 cm³/mol. The summed E-state index contributed by atoms with van der Waals surface area (Å²) in [7, 11) is 0. The van der Waals surface area contributed by atoms with E-state index < -0.39 is 0 Å². The topological polar surface area (TPSA) is 76.7 Å². The molecule has 6 nitrogen and oxygen atoms in total. The van der Waals surface area contributed by atoms with Crippen LogP contribution in [0.1, 0.15) is 42.6 Å². The van der Waals surface area contributed by atoms with Crippen LogP contribution >= 0.6 is 0 Å². The van der Waals surface area contributed by atoms with Crippen molar-refractivity contribution in [3.05, 3.63) is 59.7 Å². The van der Waals surface area contributed by atoms with Crippen molar-refractivity contribution < 1.29 is 19.1 Å². The van der Waals surface area contributed by atoms with E-state index in [1.807, 2.05) is 45.0 Å². The Morgan fingerprint density at radius 3 is 2.41 bits per heavy atom. The summed E-state index contributed by atoms with van der Waals surface area (Å²) in [5.41, 5.74) is 6.38. The molecule has 6 heteroatoms. The summed E-state index contributed by atoms with van der Waals surface area (Å²) in [5, 5.41) is 0. The number of nitrogens with one attached hydrogen (secondary N) is 2. The smallest absolute Gasteiger partial charge is 0.269 e. The van der Waals surface area contributed by atoms with E-state index in [9.17, 15) is 9.59 Å². The molecule has 0 heterocycles. The van der Waals surface area contributed by atoms with Gasteiger partial charge in [-0.25, -0.2) is 0 Å². The normalized spacial score (nSPS) is 10.4. The standard InChI is InChI=1S/C21H26N2O4/c1-15(2)27-18-11-9-17(10-12-18)21(25)23-22-20(24)8-5-13-26-19-7-4-6-16(3)14-19/h4,6-7,9-12,14-15H,5,8,13H2,1-3H3,(H,22,24)(H,23,25). The van der Waals surface area contributed by atoms with Crippen LogP contribution < -0.4 is 20.3 Å². The first-order chi connectivity index (χ1) is 12.9. The van der Waals surface area contributed by atoms with Gasteiger partial charge in [-0.05, 0) is 69.2 Å². The lowest BCUT2D eigenvalue weighted by atomic mass is 10.2. The molecule has 27 heavy (non-hydrogen) atoms. The zero-order valence-corrected chi connectivity index (χ0v) is 16.0. The molecule has 2 aromatic rings. The molecule has 0 radical (unpaired) electrons. The van der Waals surface area contributed by atoms with Crippen molar-refractivity contribution in [2.75, 3.05) is 6.61 Å². The molecule has 0 aliphatic rings. The van der Waals surface area contributed by atoms with Gasteiger partial charge in [0.25, 0.3) is 5.91 Å². The van der Waals surface area contributed by atoms with E-state index in [1.165, 1.54) is 0 Å². The van der Waals surface area contributed by atoms with Crippen LogP contribution in [0.2, 0.25) is 0 Å². The third-order valence-electron chi connectivity index (χ3n) is 3.61. The summed E-state index contributed by atoms with van der Waals surface area (Å²) in [6.45, 7) is 6.29.